The van der Waals surface area contributed by atoms with Crippen molar-refractivity contribution in [2.45, 2.75) is 19.8 Å². The number of alkyl halides is 2. The number of benzene rings is 1. The lowest BCUT2D eigenvalue weighted by Crippen LogP contribution is -2.44. The molecule has 116 valence electrons. The average molecular weight is 301 g/mol. The molecule has 0 aliphatic rings. The van der Waals surface area contributed by atoms with Gasteiger partial charge in [-0.25, -0.2) is 0 Å². The summed E-state index contributed by atoms with van der Waals surface area (Å²) in [5, 5.41) is 8.68. The molecule has 21 heavy (non-hydrogen) atoms. The van der Waals surface area contributed by atoms with Crippen molar-refractivity contribution in [1.82, 2.24) is 4.90 Å². The minimum Gasteiger partial charge on any atom is -0.493 e. The van der Waals surface area contributed by atoms with Crippen LogP contribution in [-0.2, 0) is 15.5 Å². The Morgan fingerprint density at radius 3 is 2.43 bits per heavy atom. The van der Waals surface area contributed by atoms with Crippen molar-refractivity contribution >= 4 is 11.9 Å². The Balaban J connectivity index is 3.14. The molecule has 0 heterocycles. The van der Waals surface area contributed by atoms with Crippen molar-refractivity contribution in [3.05, 3.63) is 29.8 Å². The highest BCUT2D eigenvalue weighted by Gasteiger charge is 2.46. The molecule has 0 aliphatic carbocycles. The molecule has 1 aromatic carbocycles. The maximum absolute atomic E-state index is 14.4. The lowest BCUT2D eigenvalue weighted by Gasteiger charge is -2.25. The summed E-state index contributed by atoms with van der Waals surface area (Å²) in [5.74, 6) is -6.85. The summed E-state index contributed by atoms with van der Waals surface area (Å²) in [6.45, 7) is 2.35. The fourth-order valence-electron chi connectivity index (χ4n) is 1.81. The Bertz CT molecular complexity index is 519. The predicted octanol–water partition coefficient (Wildman–Crippen LogP) is 2.11. The smallest absolute Gasteiger partial charge is 0.353 e. The zero-order valence-electron chi connectivity index (χ0n) is 11.8. The number of para-hydroxylation sites is 1. The molecule has 0 saturated heterocycles. The molecule has 5 nitrogen and oxygen atoms in total. The summed E-state index contributed by atoms with van der Waals surface area (Å²) in [4.78, 5) is 23.2. The molecular weight excluding hydrogens is 284 g/mol. The average Bonchev–Trinajstić information content (AvgIpc) is 2.44. The number of carbonyl (C=O) groups is 2. The summed E-state index contributed by atoms with van der Waals surface area (Å²) in [6, 6.07) is 5.32. The minimum absolute atomic E-state index is 0.0928. The second-order valence-corrected chi connectivity index (χ2v) is 4.22. The second kappa shape index (κ2) is 7.01. The van der Waals surface area contributed by atoms with E-state index in [0.717, 1.165) is 6.07 Å². The molecule has 0 atom stereocenters. The fourth-order valence-corrected chi connectivity index (χ4v) is 1.81. The van der Waals surface area contributed by atoms with Gasteiger partial charge in [0.1, 0.15) is 12.3 Å². The monoisotopic (exact) mass is 301 g/mol. The van der Waals surface area contributed by atoms with Crippen LogP contribution in [0.4, 0.5) is 8.78 Å². The van der Waals surface area contributed by atoms with Crippen LogP contribution in [0.15, 0.2) is 24.3 Å². The summed E-state index contributed by atoms with van der Waals surface area (Å²) in [5.41, 5.74) is -0.569. The minimum atomic E-state index is -3.85. The van der Waals surface area contributed by atoms with E-state index >= 15 is 0 Å². The van der Waals surface area contributed by atoms with E-state index in [-0.39, 0.29) is 18.9 Å². The molecule has 1 N–H and O–H groups in total. The normalized spacial score (nSPS) is 11.0. The van der Waals surface area contributed by atoms with Gasteiger partial charge in [-0.15, -0.1) is 0 Å². The van der Waals surface area contributed by atoms with Gasteiger partial charge >= 0.3 is 11.9 Å². The molecule has 1 amide bonds. The third-order valence-corrected chi connectivity index (χ3v) is 2.79. The maximum Gasteiger partial charge on any atom is 0.353 e. The number of amides is 1. The van der Waals surface area contributed by atoms with Crippen LogP contribution in [-0.4, -0.2) is 41.6 Å². The molecule has 1 rings (SSSR count). The molecule has 0 spiro atoms. The zero-order valence-corrected chi connectivity index (χ0v) is 11.8. The van der Waals surface area contributed by atoms with E-state index < -0.39 is 29.9 Å². The van der Waals surface area contributed by atoms with E-state index in [1.807, 2.05) is 0 Å². The van der Waals surface area contributed by atoms with Gasteiger partial charge in [0, 0.05) is 6.54 Å². The number of nitrogens with zero attached hydrogens (tertiary/aromatic N) is 1. The van der Waals surface area contributed by atoms with Crippen molar-refractivity contribution in [1.29, 1.82) is 0 Å². The maximum atomic E-state index is 14.4. The number of rotatable bonds is 7. The van der Waals surface area contributed by atoms with Crippen molar-refractivity contribution in [2.24, 2.45) is 0 Å². The van der Waals surface area contributed by atoms with E-state index in [9.17, 15) is 18.4 Å². The molecule has 0 aromatic heterocycles. The fraction of sp³-hybridized carbons (Fsp3) is 0.429. The van der Waals surface area contributed by atoms with Gasteiger partial charge in [-0.05, 0) is 26.0 Å². The Morgan fingerprint density at radius 2 is 1.90 bits per heavy atom. The van der Waals surface area contributed by atoms with E-state index in [1.54, 1.807) is 6.92 Å². The van der Waals surface area contributed by atoms with Gasteiger partial charge < -0.3 is 14.7 Å². The summed E-state index contributed by atoms with van der Waals surface area (Å²) < 4.78 is 33.8. The third kappa shape index (κ3) is 3.90. The Hall–Kier alpha value is -2.18. The number of likely N-dealkylation sites (N-methyl/N-ethyl adjacent to an activating group) is 1. The number of carboxylic acid groups (broad SMARTS) is 1. The standard InChI is InChI=1S/C14H17F2NO4/c1-3-17(9-12(18)19)13(20)14(15,16)10-7-5-6-8-11(10)21-4-2/h5-8H,3-4,9H2,1-2H3,(H,18,19). The van der Waals surface area contributed by atoms with Crippen molar-refractivity contribution < 1.29 is 28.2 Å². The highest BCUT2D eigenvalue weighted by Crippen LogP contribution is 2.36. The van der Waals surface area contributed by atoms with E-state index in [0.29, 0.717) is 4.90 Å². The van der Waals surface area contributed by atoms with Crippen LogP contribution in [0.3, 0.4) is 0 Å². The van der Waals surface area contributed by atoms with Crippen molar-refractivity contribution in [3.63, 3.8) is 0 Å². The highest BCUT2D eigenvalue weighted by molar-refractivity contribution is 5.88. The van der Waals surface area contributed by atoms with Gasteiger partial charge in [-0.1, -0.05) is 12.1 Å². The molecule has 0 aliphatic heterocycles. The predicted molar refractivity (Wildman–Crippen MR) is 71.4 cm³/mol. The first-order valence-electron chi connectivity index (χ1n) is 6.45. The number of carbonyl (C=O) groups excluding carboxylic acids is 1. The van der Waals surface area contributed by atoms with E-state index in [2.05, 4.69) is 0 Å². The van der Waals surface area contributed by atoms with Gasteiger partial charge in [-0.2, -0.15) is 8.78 Å². The van der Waals surface area contributed by atoms with E-state index in [1.165, 1.54) is 25.1 Å². The largest absolute Gasteiger partial charge is 0.493 e. The van der Waals surface area contributed by atoms with Crippen LogP contribution >= 0.6 is 0 Å². The molecule has 0 radical (unpaired) electrons. The van der Waals surface area contributed by atoms with E-state index in [4.69, 9.17) is 9.84 Å². The van der Waals surface area contributed by atoms with Crippen LogP contribution in [0.5, 0.6) is 5.75 Å². The first kappa shape index (κ1) is 16.9. The number of hydrogen-bond acceptors (Lipinski definition) is 3. The Morgan fingerprint density at radius 1 is 1.29 bits per heavy atom. The summed E-state index contributed by atoms with van der Waals surface area (Å²) in [6.07, 6.45) is 0. The Labute approximate surface area is 121 Å². The first-order valence-corrected chi connectivity index (χ1v) is 6.45. The van der Waals surface area contributed by atoms with Crippen molar-refractivity contribution in [3.8, 4) is 5.75 Å². The molecular formula is C14H17F2NO4. The molecule has 0 fully saturated rings. The SMILES string of the molecule is CCOc1ccccc1C(F)(F)C(=O)N(CC)CC(=O)O. The quantitative estimate of drug-likeness (QED) is 0.837. The lowest BCUT2D eigenvalue weighted by atomic mass is 10.1. The molecule has 1 aromatic rings. The molecule has 0 bridgehead atoms. The number of aliphatic carboxylic acids is 1. The van der Waals surface area contributed by atoms with Crippen LogP contribution in [0, 0.1) is 0 Å². The van der Waals surface area contributed by atoms with Gasteiger partial charge in [0.05, 0.1) is 12.2 Å². The van der Waals surface area contributed by atoms with Crippen LogP contribution in [0.1, 0.15) is 19.4 Å². The van der Waals surface area contributed by atoms with Crippen LogP contribution in [0.25, 0.3) is 0 Å². The number of hydrogen-bond donors (Lipinski definition) is 1. The highest BCUT2D eigenvalue weighted by atomic mass is 19.3. The van der Waals surface area contributed by atoms with Gasteiger partial charge in [0.2, 0.25) is 0 Å². The molecule has 0 unspecified atom stereocenters. The van der Waals surface area contributed by atoms with Crippen LogP contribution in [0.2, 0.25) is 0 Å². The van der Waals surface area contributed by atoms with Crippen LogP contribution < -0.4 is 4.74 Å². The molecule has 0 saturated carbocycles. The summed E-state index contributed by atoms with van der Waals surface area (Å²) in [7, 11) is 0. The zero-order chi connectivity index (χ0) is 16.0. The summed E-state index contributed by atoms with van der Waals surface area (Å²) >= 11 is 0. The number of ether oxygens (including phenoxy) is 1. The first-order chi connectivity index (χ1) is 9.84. The van der Waals surface area contributed by atoms with Gasteiger partial charge in [0.15, 0.2) is 0 Å². The topological polar surface area (TPSA) is 66.8 Å². The van der Waals surface area contributed by atoms with Crippen molar-refractivity contribution in [2.75, 3.05) is 19.7 Å². The second-order valence-electron chi connectivity index (χ2n) is 4.22. The third-order valence-electron chi connectivity index (χ3n) is 2.79. The number of carboxylic acids is 1. The molecule has 7 heteroatoms. The van der Waals surface area contributed by atoms with Gasteiger partial charge in [-0.3, -0.25) is 9.59 Å². The number of halogens is 2. The lowest BCUT2D eigenvalue weighted by molar-refractivity contribution is -0.162. The van der Waals surface area contributed by atoms with Gasteiger partial charge in [0.25, 0.3) is 5.91 Å². The Kier molecular flexibility index (Phi) is 5.63.